The van der Waals surface area contributed by atoms with E-state index in [1.165, 1.54) is 5.69 Å². The number of hydrogen-bond donors (Lipinski definition) is 2. The van der Waals surface area contributed by atoms with Gasteiger partial charge in [0.05, 0.1) is 5.69 Å². The molecule has 0 aliphatic carbocycles. The van der Waals surface area contributed by atoms with Crippen LogP contribution in [0.5, 0.6) is 0 Å². The first kappa shape index (κ1) is 12.2. The molecule has 1 heterocycles. The molecule has 1 unspecified atom stereocenters. The molecule has 1 aromatic heterocycles. The molecule has 1 aromatic rings. The van der Waals surface area contributed by atoms with Gasteiger partial charge in [0, 0.05) is 26.4 Å². The first-order chi connectivity index (χ1) is 7.24. The smallest absolute Gasteiger partial charge is 0.0518 e. The number of aryl methyl sites for hydroxylation is 1. The maximum Gasteiger partial charge on any atom is 0.0518 e. The molecule has 0 aliphatic heterocycles. The molecule has 15 heavy (non-hydrogen) atoms. The fourth-order valence-corrected chi connectivity index (χ4v) is 1.46. The van der Waals surface area contributed by atoms with Gasteiger partial charge in [0.25, 0.3) is 0 Å². The fourth-order valence-electron chi connectivity index (χ4n) is 1.46. The SMILES string of the molecule is CC(CO)CCCNCc1ccnn1C. The molecule has 1 rings (SSSR count). The Kier molecular flexibility index (Phi) is 5.36. The lowest BCUT2D eigenvalue weighted by Crippen LogP contribution is -2.17. The summed E-state index contributed by atoms with van der Waals surface area (Å²) in [5.41, 5.74) is 1.20. The van der Waals surface area contributed by atoms with Crippen molar-refractivity contribution < 1.29 is 5.11 Å². The Morgan fingerprint density at radius 2 is 2.40 bits per heavy atom. The number of rotatable bonds is 7. The van der Waals surface area contributed by atoms with Gasteiger partial charge in [-0.2, -0.15) is 5.10 Å². The topological polar surface area (TPSA) is 50.1 Å². The summed E-state index contributed by atoms with van der Waals surface area (Å²) in [6, 6.07) is 2.02. The highest BCUT2D eigenvalue weighted by Gasteiger charge is 2.00. The summed E-state index contributed by atoms with van der Waals surface area (Å²) >= 11 is 0. The Bertz CT molecular complexity index is 273. The quantitative estimate of drug-likeness (QED) is 0.659. The first-order valence-electron chi connectivity index (χ1n) is 5.52. The molecular formula is C11H21N3O. The average Bonchev–Trinajstić information content (AvgIpc) is 2.63. The Hall–Kier alpha value is -0.870. The van der Waals surface area contributed by atoms with Crippen molar-refractivity contribution in [1.82, 2.24) is 15.1 Å². The minimum absolute atomic E-state index is 0.293. The van der Waals surface area contributed by atoms with Gasteiger partial charge in [-0.05, 0) is 31.4 Å². The van der Waals surface area contributed by atoms with Crippen LogP contribution in [0.3, 0.4) is 0 Å². The van der Waals surface area contributed by atoms with E-state index < -0.39 is 0 Å². The molecule has 0 aromatic carbocycles. The van der Waals surface area contributed by atoms with Crippen LogP contribution in [-0.2, 0) is 13.6 Å². The van der Waals surface area contributed by atoms with Crippen LogP contribution in [0.25, 0.3) is 0 Å². The minimum atomic E-state index is 0.293. The molecular weight excluding hydrogens is 190 g/mol. The minimum Gasteiger partial charge on any atom is -0.396 e. The lowest BCUT2D eigenvalue weighted by atomic mass is 10.1. The molecule has 0 radical (unpaired) electrons. The summed E-state index contributed by atoms with van der Waals surface area (Å²) in [6.45, 7) is 4.22. The molecule has 4 heteroatoms. The number of hydrogen-bond acceptors (Lipinski definition) is 3. The lowest BCUT2D eigenvalue weighted by Gasteiger charge is -2.08. The maximum atomic E-state index is 8.85. The van der Waals surface area contributed by atoms with Crippen LogP contribution in [0.2, 0.25) is 0 Å². The molecule has 1 atom stereocenters. The van der Waals surface area contributed by atoms with Crippen molar-refractivity contribution >= 4 is 0 Å². The van der Waals surface area contributed by atoms with Crippen LogP contribution in [0.15, 0.2) is 12.3 Å². The molecule has 0 bridgehead atoms. The molecule has 0 saturated carbocycles. The second kappa shape index (κ2) is 6.58. The molecule has 0 fully saturated rings. The highest BCUT2D eigenvalue weighted by molar-refractivity contribution is 4.98. The highest BCUT2D eigenvalue weighted by Crippen LogP contribution is 2.03. The fraction of sp³-hybridized carbons (Fsp3) is 0.727. The maximum absolute atomic E-state index is 8.85. The van der Waals surface area contributed by atoms with Gasteiger partial charge in [0.15, 0.2) is 0 Å². The second-order valence-electron chi connectivity index (χ2n) is 4.05. The van der Waals surface area contributed by atoms with E-state index in [2.05, 4.69) is 17.3 Å². The van der Waals surface area contributed by atoms with E-state index >= 15 is 0 Å². The number of nitrogens with one attached hydrogen (secondary N) is 1. The number of aliphatic hydroxyl groups is 1. The summed E-state index contributed by atoms with van der Waals surface area (Å²) in [5, 5.41) is 16.3. The van der Waals surface area contributed by atoms with Crippen molar-refractivity contribution in [1.29, 1.82) is 0 Å². The molecule has 4 nitrogen and oxygen atoms in total. The van der Waals surface area contributed by atoms with Crippen molar-refractivity contribution in [2.24, 2.45) is 13.0 Å². The average molecular weight is 211 g/mol. The monoisotopic (exact) mass is 211 g/mol. The van der Waals surface area contributed by atoms with Crippen LogP contribution >= 0.6 is 0 Å². The van der Waals surface area contributed by atoms with E-state index in [0.717, 1.165) is 25.9 Å². The van der Waals surface area contributed by atoms with E-state index in [0.29, 0.717) is 12.5 Å². The highest BCUT2D eigenvalue weighted by atomic mass is 16.3. The Morgan fingerprint density at radius 1 is 1.60 bits per heavy atom. The van der Waals surface area contributed by atoms with Gasteiger partial charge in [-0.25, -0.2) is 0 Å². The van der Waals surface area contributed by atoms with Gasteiger partial charge < -0.3 is 10.4 Å². The van der Waals surface area contributed by atoms with Gasteiger partial charge in [-0.3, -0.25) is 4.68 Å². The van der Waals surface area contributed by atoms with Crippen molar-refractivity contribution in [2.45, 2.75) is 26.3 Å². The van der Waals surface area contributed by atoms with Gasteiger partial charge in [0.2, 0.25) is 0 Å². The molecule has 0 saturated heterocycles. The predicted octanol–water partition coefficient (Wildman–Crippen LogP) is 0.918. The molecule has 0 aliphatic rings. The Balaban J connectivity index is 2.05. The van der Waals surface area contributed by atoms with E-state index in [1.807, 2.05) is 24.0 Å². The summed E-state index contributed by atoms with van der Waals surface area (Å²) in [7, 11) is 1.95. The zero-order valence-electron chi connectivity index (χ0n) is 9.61. The van der Waals surface area contributed by atoms with Crippen LogP contribution in [-0.4, -0.2) is 28.0 Å². The van der Waals surface area contributed by atoms with Crippen LogP contribution in [0, 0.1) is 5.92 Å². The van der Waals surface area contributed by atoms with Gasteiger partial charge >= 0.3 is 0 Å². The third kappa shape index (κ3) is 4.44. The first-order valence-corrected chi connectivity index (χ1v) is 5.52. The number of aromatic nitrogens is 2. The van der Waals surface area contributed by atoms with Gasteiger partial charge in [-0.1, -0.05) is 6.92 Å². The number of aliphatic hydroxyl groups excluding tert-OH is 1. The lowest BCUT2D eigenvalue weighted by molar-refractivity contribution is 0.228. The van der Waals surface area contributed by atoms with Crippen LogP contribution in [0.4, 0.5) is 0 Å². The zero-order valence-corrected chi connectivity index (χ0v) is 9.61. The Morgan fingerprint density at radius 3 is 3.00 bits per heavy atom. The van der Waals surface area contributed by atoms with E-state index in [4.69, 9.17) is 5.11 Å². The van der Waals surface area contributed by atoms with E-state index in [9.17, 15) is 0 Å². The third-order valence-corrected chi connectivity index (χ3v) is 2.59. The van der Waals surface area contributed by atoms with Crippen molar-refractivity contribution in [3.05, 3.63) is 18.0 Å². The van der Waals surface area contributed by atoms with Crippen molar-refractivity contribution in [3.8, 4) is 0 Å². The van der Waals surface area contributed by atoms with Crippen LogP contribution < -0.4 is 5.32 Å². The van der Waals surface area contributed by atoms with Crippen molar-refractivity contribution in [2.75, 3.05) is 13.2 Å². The zero-order chi connectivity index (χ0) is 11.1. The molecule has 0 spiro atoms. The largest absolute Gasteiger partial charge is 0.396 e. The van der Waals surface area contributed by atoms with Crippen molar-refractivity contribution in [3.63, 3.8) is 0 Å². The second-order valence-corrected chi connectivity index (χ2v) is 4.05. The summed E-state index contributed by atoms with van der Waals surface area (Å²) in [6.07, 6.45) is 4.00. The molecule has 2 N–H and O–H groups in total. The summed E-state index contributed by atoms with van der Waals surface area (Å²) in [4.78, 5) is 0. The Labute approximate surface area is 91.3 Å². The van der Waals surface area contributed by atoms with E-state index in [-0.39, 0.29) is 0 Å². The standard InChI is InChI=1S/C11H21N3O/c1-10(9-15)4-3-6-12-8-11-5-7-13-14(11)2/h5,7,10,12,15H,3-4,6,8-9H2,1-2H3. The summed E-state index contributed by atoms with van der Waals surface area (Å²) in [5.74, 6) is 0.420. The third-order valence-electron chi connectivity index (χ3n) is 2.59. The normalized spacial score (nSPS) is 13.0. The summed E-state index contributed by atoms with van der Waals surface area (Å²) < 4.78 is 1.88. The predicted molar refractivity (Wildman–Crippen MR) is 60.4 cm³/mol. The van der Waals surface area contributed by atoms with Gasteiger partial charge in [-0.15, -0.1) is 0 Å². The van der Waals surface area contributed by atoms with Gasteiger partial charge in [0.1, 0.15) is 0 Å². The van der Waals surface area contributed by atoms with Crippen LogP contribution in [0.1, 0.15) is 25.5 Å². The molecule has 86 valence electrons. The molecule has 0 amide bonds. The number of nitrogens with zero attached hydrogens (tertiary/aromatic N) is 2. The van der Waals surface area contributed by atoms with E-state index in [1.54, 1.807) is 0 Å².